The largest absolute Gasteiger partial charge is 0.507 e. The molecule has 2 aliphatic rings. The lowest BCUT2D eigenvalue weighted by atomic mass is 9.84. The molecule has 2 aliphatic carbocycles. The monoisotopic (exact) mass is 373 g/mol. The van der Waals surface area contributed by atoms with Gasteiger partial charge >= 0.3 is 0 Å². The van der Waals surface area contributed by atoms with Crippen molar-refractivity contribution in [2.45, 2.75) is 6.42 Å². The first-order chi connectivity index (χ1) is 13.6. The zero-order valence-corrected chi connectivity index (χ0v) is 15.3. The lowest BCUT2D eigenvalue weighted by Crippen LogP contribution is -2.36. The quantitative estimate of drug-likeness (QED) is 0.750. The minimum absolute atomic E-state index is 0.109. The van der Waals surface area contributed by atoms with E-state index in [1.165, 1.54) is 7.11 Å². The standard InChI is InChI=1S/C23H19NO4/c1-28-23-20(19-17(25)13-8-14-18(19)26)22(27)21(23)24(15-9-4-2-5-10-15)16-11-6-3-7-12-16/h2-7,9-14,25-26H,8H2,1H3. The molecule has 28 heavy (non-hydrogen) atoms. The first-order valence-electron chi connectivity index (χ1n) is 8.90. The van der Waals surface area contributed by atoms with Gasteiger partial charge in [-0.2, -0.15) is 0 Å². The molecule has 0 bridgehead atoms. The smallest absolute Gasteiger partial charge is 0.218 e. The molecule has 4 rings (SSSR count). The highest BCUT2D eigenvalue weighted by Gasteiger charge is 2.43. The van der Waals surface area contributed by atoms with Crippen LogP contribution < -0.4 is 4.90 Å². The number of methoxy groups -OCH3 is 1. The molecule has 140 valence electrons. The van der Waals surface area contributed by atoms with Gasteiger partial charge in [0.15, 0.2) is 5.76 Å². The molecule has 5 heteroatoms. The third kappa shape index (κ3) is 2.77. The summed E-state index contributed by atoms with van der Waals surface area (Å²) in [6.45, 7) is 0. The van der Waals surface area contributed by atoms with E-state index in [9.17, 15) is 15.0 Å². The second kappa shape index (κ2) is 7.12. The number of hydrogen-bond donors (Lipinski definition) is 2. The van der Waals surface area contributed by atoms with Crippen molar-refractivity contribution in [1.82, 2.24) is 0 Å². The number of anilines is 2. The summed E-state index contributed by atoms with van der Waals surface area (Å²) >= 11 is 0. The number of benzene rings is 2. The van der Waals surface area contributed by atoms with Gasteiger partial charge in [0.25, 0.3) is 0 Å². The van der Waals surface area contributed by atoms with Crippen molar-refractivity contribution >= 4 is 17.2 Å². The Labute approximate surface area is 162 Å². The van der Waals surface area contributed by atoms with Crippen LogP contribution in [0.25, 0.3) is 0 Å². The molecule has 0 spiro atoms. The summed E-state index contributed by atoms with van der Waals surface area (Å²) in [5.41, 5.74) is 2.25. The van der Waals surface area contributed by atoms with Crippen LogP contribution in [-0.4, -0.2) is 23.1 Å². The summed E-state index contributed by atoms with van der Waals surface area (Å²) in [6.07, 6.45) is 3.50. The lowest BCUT2D eigenvalue weighted by molar-refractivity contribution is -0.114. The van der Waals surface area contributed by atoms with E-state index in [0.717, 1.165) is 11.4 Å². The van der Waals surface area contributed by atoms with Crippen LogP contribution in [0.5, 0.6) is 0 Å². The molecule has 0 radical (unpaired) electrons. The molecule has 0 aromatic heterocycles. The molecule has 0 amide bonds. The fourth-order valence-corrected chi connectivity index (χ4v) is 3.44. The zero-order valence-electron chi connectivity index (χ0n) is 15.3. The van der Waals surface area contributed by atoms with Crippen LogP contribution in [0, 0.1) is 0 Å². The molecule has 0 aliphatic heterocycles. The second-order valence-corrected chi connectivity index (χ2v) is 6.38. The number of ketones is 1. The van der Waals surface area contributed by atoms with E-state index >= 15 is 0 Å². The van der Waals surface area contributed by atoms with Gasteiger partial charge in [0.2, 0.25) is 5.78 Å². The molecular weight excluding hydrogens is 354 g/mol. The first-order valence-corrected chi connectivity index (χ1v) is 8.90. The van der Waals surface area contributed by atoms with Gasteiger partial charge in [-0.1, -0.05) is 36.4 Å². The predicted octanol–water partition coefficient (Wildman–Crippen LogP) is 4.85. The Morgan fingerprint density at radius 3 is 1.79 bits per heavy atom. The molecule has 2 N–H and O–H groups in total. The number of carbonyl (C=O) groups is 1. The Hall–Kier alpha value is -3.73. The number of rotatable bonds is 4. The average Bonchev–Trinajstić information content (AvgIpc) is 2.73. The first kappa shape index (κ1) is 17.7. The molecule has 2 aromatic carbocycles. The number of carbonyl (C=O) groups excluding carboxylic acids is 1. The Balaban J connectivity index is 1.92. The van der Waals surface area contributed by atoms with Crippen molar-refractivity contribution < 1.29 is 19.7 Å². The minimum atomic E-state index is -0.304. The number of allylic oxidation sites excluding steroid dienone is 4. The molecule has 0 heterocycles. The number of aliphatic hydroxyl groups excluding tert-OH is 2. The number of aliphatic hydroxyl groups is 2. The van der Waals surface area contributed by atoms with Crippen LogP contribution >= 0.6 is 0 Å². The topological polar surface area (TPSA) is 70.0 Å². The molecule has 5 nitrogen and oxygen atoms in total. The minimum Gasteiger partial charge on any atom is -0.507 e. The Bertz CT molecular complexity index is 987. The molecule has 0 saturated carbocycles. The van der Waals surface area contributed by atoms with Gasteiger partial charge in [-0.25, -0.2) is 0 Å². The lowest BCUT2D eigenvalue weighted by Gasteiger charge is -2.35. The number of ether oxygens (including phenoxy) is 1. The van der Waals surface area contributed by atoms with Gasteiger partial charge in [-0.05, 0) is 42.8 Å². The molecular formula is C23H19NO4. The Kier molecular flexibility index (Phi) is 4.49. The molecule has 0 fully saturated rings. The predicted molar refractivity (Wildman–Crippen MR) is 107 cm³/mol. The van der Waals surface area contributed by atoms with E-state index < -0.39 is 0 Å². The Morgan fingerprint density at radius 2 is 1.32 bits per heavy atom. The maximum absolute atomic E-state index is 13.2. The van der Waals surface area contributed by atoms with E-state index in [1.807, 2.05) is 65.6 Å². The normalized spacial score (nSPS) is 16.4. The Morgan fingerprint density at radius 1 is 0.821 bits per heavy atom. The van der Waals surface area contributed by atoms with Crippen molar-refractivity contribution in [2.75, 3.05) is 12.0 Å². The van der Waals surface area contributed by atoms with Gasteiger partial charge in [-0.3, -0.25) is 4.79 Å². The summed E-state index contributed by atoms with van der Waals surface area (Å²) in [4.78, 5) is 15.0. The fraction of sp³-hybridized carbons (Fsp3) is 0.0870. The van der Waals surface area contributed by atoms with Crippen molar-refractivity contribution in [1.29, 1.82) is 0 Å². The van der Waals surface area contributed by atoms with E-state index in [-0.39, 0.29) is 28.4 Å². The summed E-state index contributed by atoms with van der Waals surface area (Å²) < 4.78 is 5.54. The number of hydrogen-bond acceptors (Lipinski definition) is 5. The summed E-state index contributed by atoms with van der Waals surface area (Å²) in [7, 11) is 1.47. The van der Waals surface area contributed by atoms with Gasteiger partial charge in [-0.15, -0.1) is 0 Å². The highest BCUT2D eigenvalue weighted by Crippen LogP contribution is 2.44. The van der Waals surface area contributed by atoms with Gasteiger partial charge in [0, 0.05) is 11.4 Å². The van der Waals surface area contributed by atoms with Gasteiger partial charge in [0.1, 0.15) is 17.2 Å². The van der Waals surface area contributed by atoms with Crippen molar-refractivity contribution in [3.05, 3.63) is 107 Å². The summed E-state index contributed by atoms with van der Waals surface area (Å²) in [5, 5.41) is 20.4. The summed E-state index contributed by atoms with van der Waals surface area (Å²) in [5.74, 6) is -0.221. The fourth-order valence-electron chi connectivity index (χ4n) is 3.44. The highest BCUT2D eigenvalue weighted by molar-refractivity contribution is 6.23. The third-order valence-corrected chi connectivity index (χ3v) is 4.73. The van der Waals surface area contributed by atoms with Crippen molar-refractivity contribution in [2.24, 2.45) is 0 Å². The van der Waals surface area contributed by atoms with Crippen molar-refractivity contribution in [3.8, 4) is 0 Å². The molecule has 0 saturated heterocycles. The highest BCUT2D eigenvalue weighted by atomic mass is 16.5. The van der Waals surface area contributed by atoms with E-state index in [1.54, 1.807) is 12.2 Å². The van der Waals surface area contributed by atoms with Gasteiger partial charge < -0.3 is 19.8 Å². The van der Waals surface area contributed by atoms with Crippen molar-refractivity contribution in [3.63, 3.8) is 0 Å². The van der Waals surface area contributed by atoms with Crippen LogP contribution in [-0.2, 0) is 9.53 Å². The van der Waals surface area contributed by atoms with Gasteiger partial charge in [0.05, 0.1) is 18.3 Å². The zero-order chi connectivity index (χ0) is 19.7. The van der Waals surface area contributed by atoms with Crippen LogP contribution in [0.3, 0.4) is 0 Å². The molecule has 2 aromatic rings. The van der Waals surface area contributed by atoms with E-state index in [4.69, 9.17) is 4.74 Å². The van der Waals surface area contributed by atoms with E-state index in [0.29, 0.717) is 17.9 Å². The average molecular weight is 373 g/mol. The summed E-state index contributed by atoms with van der Waals surface area (Å²) in [6, 6.07) is 19.0. The maximum atomic E-state index is 13.2. The van der Waals surface area contributed by atoms with Crippen LogP contribution in [0.2, 0.25) is 0 Å². The maximum Gasteiger partial charge on any atom is 0.218 e. The number of nitrogens with zero attached hydrogens (tertiary/aromatic N) is 1. The van der Waals surface area contributed by atoms with E-state index in [2.05, 4.69) is 0 Å². The second-order valence-electron chi connectivity index (χ2n) is 6.38. The van der Waals surface area contributed by atoms with Crippen LogP contribution in [0.4, 0.5) is 11.4 Å². The van der Waals surface area contributed by atoms with Crippen LogP contribution in [0.1, 0.15) is 6.42 Å². The SMILES string of the molecule is COC1=C(N(c2ccccc2)c2ccccc2)C(=O)C1=C1C(O)=CCC=C1O. The number of para-hydroxylation sites is 2. The molecule has 0 unspecified atom stereocenters. The third-order valence-electron chi connectivity index (χ3n) is 4.73. The van der Waals surface area contributed by atoms with Crippen LogP contribution in [0.15, 0.2) is 107 Å². The number of Topliss-reactive ketones (excluding diaryl/α,β-unsaturated/α-hetero) is 1. The molecule has 0 atom stereocenters.